The first-order chi connectivity index (χ1) is 8.09. The number of aryl methyl sites for hydroxylation is 1. The fraction of sp³-hybridized carbons (Fsp3) is 0.417. The predicted octanol–water partition coefficient (Wildman–Crippen LogP) is 1.48. The van der Waals surface area contributed by atoms with E-state index < -0.39 is 9.73 Å². The Morgan fingerprint density at radius 2 is 2.29 bits per heavy atom. The highest BCUT2D eigenvalue weighted by atomic mass is 32.2. The molecule has 0 aliphatic heterocycles. The molecule has 0 aliphatic carbocycles. The summed E-state index contributed by atoms with van der Waals surface area (Å²) in [5, 5.41) is 17.4. The molecule has 0 aliphatic rings. The average Bonchev–Trinajstić information content (AvgIpc) is 2.27. The van der Waals surface area contributed by atoms with Gasteiger partial charge in [0.2, 0.25) is 0 Å². The van der Waals surface area contributed by atoms with Crippen LogP contribution < -0.4 is 0 Å². The fourth-order valence-electron chi connectivity index (χ4n) is 1.51. The van der Waals surface area contributed by atoms with Crippen LogP contribution >= 0.6 is 0 Å². The van der Waals surface area contributed by atoms with Crippen LogP contribution in [0.3, 0.4) is 0 Å². The monoisotopic (exact) mass is 252 g/mol. The van der Waals surface area contributed by atoms with Crippen molar-refractivity contribution in [2.75, 3.05) is 18.9 Å². The molecule has 0 saturated carbocycles. The Labute approximate surface area is 102 Å². The number of nitriles is 1. The minimum absolute atomic E-state index is 0.0963. The van der Waals surface area contributed by atoms with Crippen LogP contribution in [0.4, 0.5) is 0 Å². The molecule has 0 fully saturated rings. The molecule has 0 aromatic heterocycles. The van der Waals surface area contributed by atoms with Crippen molar-refractivity contribution < 1.29 is 9.32 Å². The Morgan fingerprint density at radius 3 is 2.88 bits per heavy atom. The van der Waals surface area contributed by atoms with Crippen molar-refractivity contribution in [1.29, 1.82) is 5.26 Å². The second-order valence-corrected chi connectivity index (χ2v) is 6.17. The number of rotatable bonds is 5. The number of hydrogen-bond donors (Lipinski definition) is 1. The lowest BCUT2D eigenvalue weighted by atomic mass is 10.2. The maximum atomic E-state index is 12.3. The third kappa shape index (κ3) is 4.55. The van der Waals surface area contributed by atoms with E-state index in [9.17, 15) is 4.21 Å². The number of aliphatic hydroxyl groups excluding tert-OH is 1. The first-order valence-electron chi connectivity index (χ1n) is 5.31. The zero-order valence-electron chi connectivity index (χ0n) is 9.80. The summed E-state index contributed by atoms with van der Waals surface area (Å²) in [6, 6.07) is 9.56. The largest absolute Gasteiger partial charge is 0.394 e. The number of benzene rings is 1. The van der Waals surface area contributed by atoms with Crippen molar-refractivity contribution in [3.05, 3.63) is 35.4 Å². The molecule has 1 aromatic rings. The third-order valence-electron chi connectivity index (χ3n) is 2.19. The zero-order chi connectivity index (χ0) is 12.7. The summed E-state index contributed by atoms with van der Waals surface area (Å²) in [7, 11) is -2.57. The topological polar surface area (TPSA) is 73.5 Å². The lowest BCUT2D eigenvalue weighted by Gasteiger charge is -2.07. The normalized spacial score (nSPS) is 13.7. The molecule has 0 radical (unpaired) electrons. The van der Waals surface area contributed by atoms with E-state index in [4.69, 9.17) is 10.4 Å². The van der Waals surface area contributed by atoms with Crippen LogP contribution in [-0.2, 0) is 15.5 Å². The van der Waals surface area contributed by atoms with E-state index in [0.717, 1.165) is 11.1 Å². The van der Waals surface area contributed by atoms with Gasteiger partial charge < -0.3 is 5.11 Å². The van der Waals surface area contributed by atoms with Crippen LogP contribution in [0.2, 0.25) is 0 Å². The molecule has 92 valence electrons. The van der Waals surface area contributed by atoms with Crippen LogP contribution in [0.25, 0.3) is 0 Å². The SMILES string of the molecule is Cc1cccc(CS(=O)(CC#N)=NCCO)c1. The van der Waals surface area contributed by atoms with Gasteiger partial charge in [0.15, 0.2) is 0 Å². The molecule has 0 bridgehead atoms. The Kier molecular flexibility index (Phi) is 5.13. The van der Waals surface area contributed by atoms with Crippen molar-refractivity contribution in [2.24, 2.45) is 4.36 Å². The molecule has 17 heavy (non-hydrogen) atoms. The summed E-state index contributed by atoms with van der Waals surface area (Å²) in [4.78, 5) is 0. The van der Waals surface area contributed by atoms with Crippen LogP contribution in [0.15, 0.2) is 28.6 Å². The van der Waals surface area contributed by atoms with Gasteiger partial charge in [-0.1, -0.05) is 29.8 Å². The molecule has 0 saturated heterocycles. The molecule has 0 spiro atoms. The maximum Gasteiger partial charge on any atom is 0.119 e. The summed E-state index contributed by atoms with van der Waals surface area (Å²) in [6.45, 7) is 1.93. The van der Waals surface area contributed by atoms with Gasteiger partial charge in [-0.3, -0.25) is 0 Å². The van der Waals surface area contributed by atoms with Crippen molar-refractivity contribution in [2.45, 2.75) is 12.7 Å². The molecular weight excluding hydrogens is 236 g/mol. The highest BCUT2D eigenvalue weighted by molar-refractivity contribution is 7.93. The van der Waals surface area contributed by atoms with E-state index in [-0.39, 0.29) is 24.7 Å². The Morgan fingerprint density at radius 1 is 1.53 bits per heavy atom. The number of aliphatic hydroxyl groups is 1. The van der Waals surface area contributed by atoms with Gasteiger partial charge in [-0.15, -0.1) is 0 Å². The zero-order valence-corrected chi connectivity index (χ0v) is 10.6. The second kappa shape index (κ2) is 6.38. The van der Waals surface area contributed by atoms with Crippen molar-refractivity contribution in [3.8, 4) is 6.07 Å². The van der Waals surface area contributed by atoms with E-state index in [0.29, 0.717) is 0 Å². The van der Waals surface area contributed by atoms with Gasteiger partial charge in [0, 0.05) is 0 Å². The van der Waals surface area contributed by atoms with Crippen LogP contribution in [0.1, 0.15) is 11.1 Å². The van der Waals surface area contributed by atoms with E-state index >= 15 is 0 Å². The quantitative estimate of drug-likeness (QED) is 0.862. The van der Waals surface area contributed by atoms with E-state index in [1.54, 1.807) is 0 Å². The third-order valence-corrected chi connectivity index (χ3v) is 4.21. The molecule has 5 heteroatoms. The maximum absolute atomic E-state index is 12.3. The molecular formula is C12H16N2O2S. The summed E-state index contributed by atoms with van der Waals surface area (Å²) in [6.07, 6.45) is 0. The minimum Gasteiger partial charge on any atom is -0.394 e. The van der Waals surface area contributed by atoms with Gasteiger partial charge in [0.05, 0.1) is 34.7 Å². The van der Waals surface area contributed by atoms with Crippen molar-refractivity contribution in [3.63, 3.8) is 0 Å². The van der Waals surface area contributed by atoms with Crippen molar-refractivity contribution in [1.82, 2.24) is 0 Å². The molecule has 1 aromatic carbocycles. The predicted molar refractivity (Wildman–Crippen MR) is 67.9 cm³/mol. The lowest BCUT2D eigenvalue weighted by Crippen LogP contribution is -2.10. The molecule has 4 nitrogen and oxygen atoms in total. The van der Waals surface area contributed by atoms with E-state index in [1.165, 1.54) is 0 Å². The van der Waals surface area contributed by atoms with Gasteiger partial charge in [0.1, 0.15) is 5.75 Å². The Hall–Kier alpha value is -1.38. The first kappa shape index (κ1) is 13.7. The molecule has 1 atom stereocenters. The minimum atomic E-state index is -2.57. The van der Waals surface area contributed by atoms with E-state index in [1.807, 2.05) is 37.3 Å². The van der Waals surface area contributed by atoms with Gasteiger partial charge in [-0.25, -0.2) is 8.57 Å². The summed E-state index contributed by atoms with van der Waals surface area (Å²) in [5.41, 5.74) is 2.00. The van der Waals surface area contributed by atoms with Gasteiger partial charge >= 0.3 is 0 Å². The second-order valence-electron chi connectivity index (χ2n) is 3.78. The Balaban J connectivity index is 2.96. The van der Waals surface area contributed by atoms with Crippen molar-refractivity contribution >= 4 is 9.73 Å². The van der Waals surface area contributed by atoms with Gasteiger partial charge in [-0.2, -0.15) is 5.26 Å². The standard InChI is InChI=1S/C12H16N2O2S/c1-11-3-2-4-12(9-11)10-17(16,8-5-13)14-6-7-15/h2-4,9,15H,6-8,10H2,1H3. The number of nitrogens with zero attached hydrogens (tertiary/aromatic N) is 2. The lowest BCUT2D eigenvalue weighted by molar-refractivity contribution is 0.307. The molecule has 0 amide bonds. The highest BCUT2D eigenvalue weighted by Crippen LogP contribution is 2.11. The van der Waals surface area contributed by atoms with E-state index in [2.05, 4.69) is 4.36 Å². The molecule has 1 unspecified atom stereocenters. The Bertz CT molecular complexity index is 526. The fourth-order valence-corrected chi connectivity index (χ4v) is 3.11. The summed E-state index contributed by atoms with van der Waals surface area (Å²) >= 11 is 0. The van der Waals surface area contributed by atoms with Crippen LogP contribution in [-0.4, -0.2) is 28.2 Å². The number of hydrogen-bond acceptors (Lipinski definition) is 4. The molecule has 1 rings (SSSR count). The summed E-state index contributed by atoms with van der Waals surface area (Å²) < 4.78 is 16.3. The van der Waals surface area contributed by atoms with Gasteiger partial charge in [-0.05, 0) is 12.5 Å². The first-order valence-corrected chi connectivity index (χ1v) is 7.16. The molecule has 0 heterocycles. The average molecular weight is 252 g/mol. The van der Waals surface area contributed by atoms with Gasteiger partial charge in [0.25, 0.3) is 0 Å². The summed E-state index contributed by atoms with van der Waals surface area (Å²) in [5.74, 6) is 0.170. The smallest absolute Gasteiger partial charge is 0.119 e. The van der Waals surface area contributed by atoms with Crippen LogP contribution in [0, 0.1) is 18.3 Å². The highest BCUT2D eigenvalue weighted by Gasteiger charge is 2.09. The van der Waals surface area contributed by atoms with Crippen LogP contribution in [0.5, 0.6) is 0 Å². The molecule has 1 N–H and O–H groups in total.